The van der Waals surface area contributed by atoms with Gasteiger partial charge in [0, 0.05) is 23.9 Å². The van der Waals surface area contributed by atoms with Crippen LogP contribution in [0.5, 0.6) is 0 Å². The molecule has 1 amide bonds. The number of aliphatic hydroxyl groups excluding tert-OH is 1. The summed E-state index contributed by atoms with van der Waals surface area (Å²) in [5.74, 6) is -0.0730. The van der Waals surface area contributed by atoms with E-state index in [1.54, 1.807) is 20.0 Å². The monoisotopic (exact) mass is 231 g/mol. The van der Waals surface area contributed by atoms with Crippen molar-refractivity contribution >= 4 is 29.9 Å². The summed E-state index contributed by atoms with van der Waals surface area (Å²) in [7, 11) is 1.67. The molecule has 0 aliphatic heterocycles. The molecule has 0 bridgehead atoms. The fourth-order valence-corrected chi connectivity index (χ4v) is 2.25. The molecule has 0 saturated heterocycles. The van der Waals surface area contributed by atoms with Crippen molar-refractivity contribution in [3.05, 3.63) is 16.3 Å². The minimum Gasteiger partial charge on any atom is -0.392 e. The van der Waals surface area contributed by atoms with E-state index in [4.69, 9.17) is 5.11 Å². The van der Waals surface area contributed by atoms with Gasteiger partial charge < -0.3 is 10.0 Å². The Morgan fingerprint density at radius 1 is 1.79 bits per heavy atom. The van der Waals surface area contributed by atoms with Gasteiger partial charge >= 0.3 is 0 Å². The Kier molecular flexibility index (Phi) is 3.97. The third-order valence-corrected chi connectivity index (χ3v) is 3.03. The molecule has 5 heteroatoms. The van der Waals surface area contributed by atoms with Crippen LogP contribution in [0.15, 0.2) is 16.3 Å². The van der Waals surface area contributed by atoms with Crippen molar-refractivity contribution in [2.75, 3.05) is 13.6 Å². The van der Waals surface area contributed by atoms with Gasteiger partial charge in [0.05, 0.1) is 11.0 Å². The van der Waals surface area contributed by atoms with Crippen molar-refractivity contribution in [3.8, 4) is 0 Å². The van der Waals surface area contributed by atoms with Crippen LogP contribution in [0.4, 0.5) is 0 Å². The van der Waals surface area contributed by atoms with Gasteiger partial charge in [0.1, 0.15) is 0 Å². The van der Waals surface area contributed by atoms with Crippen molar-refractivity contribution in [3.63, 3.8) is 0 Å². The lowest BCUT2D eigenvalue weighted by Crippen LogP contribution is -2.32. The normalized spacial score (nSPS) is 12.6. The van der Waals surface area contributed by atoms with E-state index >= 15 is 0 Å². The highest BCUT2D eigenvalue weighted by atomic mass is 32.1. The van der Waals surface area contributed by atoms with Crippen LogP contribution in [0.1, 0.15) is 16.6 Å². The highest BCUT2D eigenvalue weighted by Gasteiger charge is 2.14. The summed E-state index contributed by atoms with van der Waals surface area (Å²) >= 11 is 5.49. The Morgan fingerprint density at radius 2 is 2.43 bits per heavy atom. The lowest BCUT2D eigenvalue weighted by Gasteiger charge is -2.17. The molecule has 1 aromatic rings. The first-order valence-corrected chi connectivity index (χ1v) is 5.54. The van der Waals surface area contributed by atoms with Crippen LogP contribution in [0.3, 0.4) is 0 Å². The molecule has 0 saturated carbocycles. The van der Waals surface area contributed by atoms with Gasteiger partial charge in [-0.1, -0.05) is 0 Å². The van der Waals surface area contributed by atoms with Crippen molar-refractivity contribution in [2.24, 2.45) is 0 Å². The highest BCUT2D eigenvalue weighted by molar-refractivity contribution is 7.80. The molecule has 0 spiro atoms. The molecule has 1 N–H and O–H groups in total. The van der Waals surface area contributed by atoms with E-state index < -0.39 is 6.10 Å². The second kappa shape index (κ2) is 4.82. The van der Waals surface area contributed by atoms with Crippen LogP contribution >= 0.6 is 24.0 Å². The van der Waals surface area contributed by atoms with E-state index in [2.05, 4.69) is 12.6 Å². The van der Waals surface area contributed by atoms with Gasteiger partial charge in [0.25, 0.3) is 5.91 Å². The maximum absolute atomic E-state index is 11.7. The van der Waals surface area contributed by atoms with Crippen LogP contribution in [-0.4, -0.2) is 35.6 Å². The predicted octanol–water partition coefficient (Wildman–Crippen LogP) is 1.49. The maximum atomic E-state index is 11.7. The van der Waals surface area contributed by atoms with E-state index in [9.17, 15) is 4.79 Å². The zero-order valence-corrected chi connectivity index (χ0v) is 9.81. The van der Waals surface area contributed by atoms with E-state index in [1.807, 2.05) is 5.38 Å². The number of hydrogen-bond donors (Lipinski definition) is 2. The number of carbonyl (C=O) groups excluding carboxylic acids is 1. The number of nitrogens with zero attached hydrogens (tertiary/aromatic N) is 1. The predicted molar refractivity (Wildman–Crippen MR) is 60.2 cm³/mol. The van der Waals surface area contributed by atoms with Crippen molar-refractivity contribution in [1.82, 2.24) is 4.90 Å². The number of aliphatic hydroxyl groups is 1. The summed E-state index contributed by atoms with van der Waals surface area (Å²) in [6.07, 6.45) is -0.501. The van der Waals surface area contributed by atoms with Crippen molar-refractivity contribution < 1.29 is 9.90 Å². The molecule has 1 atom stereocenters. The number of rotatable bonds is 3. The van der Waals surface area contributed by atoms with Gasteiger partial charge in [-0.2, -0.15) is 0 Å². The first-order valence-electron chi connectivity index (χ1n) is 4.21. The summed E-state index contributed by atoms with van der Waals surface area (Å²) in [6.45, 7) is 2.00. The lowest BCUT2D eigenvalue weighted by atomic mass is 10.3. The Labute approximate surface area is 92.8 Å². The summed E-state index contributed by atoms with van der Waals surface area (Å²) < 4.78 is 0. The molecule has 0 fully saturated rings. The van der Waals surface area contributed by atoms with E-state index in [-0.39, 0.29) is 5.91 Å². The topological polar surface area (TPSA) is 40.5 Å². The van der Waals surface area contributed by atoms with Gasteiger partial charge in [-0.05, 0) is 13.0 Å². The highest BCUT2D eigenvalue weighted by Crippen LogP contribution is 2.18. The third kappa shape index (κ3) is 3.01. The van der Waals surface area contributed by atoms with Gasteiger partial charge in [-0.15, -0.1) is 24.0 Å². The Balaban J connectivity index is 2.65. The quantitative estimate of drug-likeness (QED) is 0.774. The molecule has 14 heavy (non-hydrogen) atoms. The zero-order valence-electron chi connectivity index (χ0n) is 8.10. The van der Waals surface area contributed by atoms with Gasteiger partial charge in [0.15, 0.2) is 0 Å². The molecule has 78 valence electrons. The van der Waals surface area contributed by atoms with E-state index in [0.29, 0.717) is 11.4 Å². The molecule has 0 aromatic carbocycles. The Morgan fingerprint density at radius 3 is 2.86 bits per heavy atom. The van der Waals surface area contributed by atoms with E-state index in [1.165, 1.54) is 16.2 Å². The van der Waals surface area contributed by atoms with Crippen LogP contribution < -0.4 is 0 Å². The number of thiol groups is 1. The molecule has 3 nitrogen and oxygen atoms in total. The number of carbonyl (C=O) groups is 1. The van der Waals surface area contributed by atoms with Crippen LogP contribution in [0.25, 0.3) is 0 Å². The number of amides is 1. The largest absolute Gasteiger partial charge is 0.392 e. The summed E-state index contributed by atoms with van der Waals surface area (Å²) in [5.41, 5.74) is 0. The Bertz CT molecular complexity index is 322. The second-order valence-corrected chi connectivity index (χ2v) is 4.63. The smallest absolute Gasteiger partial charge is 0.263 e. The molecular formula is C9H13NO2S2. The average molecular weight is 231 g/mol. The lowest BCUT2D eigenvalue weighted by molar-refractivity contribution is 0.0708. The molecule has 1 heterocycles. The van der Waals surface area contributed by atoms with E-state index in [0.717, 1.165) is 4.90 Å². The Hall–Kier alpha value is -0.520. The summed E-state index contributed by atoms with van der Waals surface area (Å²) in [6, 6.07) is 1.73. The maximum Gasteiger partial charge on any atom is 0.263 e. The van der Waals surface area contributed by atoms with Crippen LogP contribution in [0.2, 0.25) is 0 Å². The number of hydrogen-bond acceptors (Lipinski definition) is 4. The van der Waals surface area contributed by atoms with Gasteiger partial charge in [0.2, 0.25) is 0 Å². The standard InChI is InChI=1S/C9H13NO2S2/c1-6(11)4-10(2)9(12)8-3-7(13)5-14-8/h3,5-6,11,13H,4H2,1-2H3. The number of thiophene rings is 1. The molecule has 0 radical (unpaired) electrons. The summed E-state index contributed by atoms with van der Waals surface area (Å²) in [5, 5.41) is 10.9. The van der Waals surface area contributed by atoms with Crippen molar-refractivity contribution in [2.45, 2.75) is 17.9 Å². The fourth-order valence-electron chi connectivity index (χ4n) is 1.11. The average Bonchev–Trinajstić information content (AvgIpc) is 2.49. The van der Waals surface area contributed by atoms with Crippen LogP contribution in [0, 0.1) is 0 Å². The third-order valence-electron chi connectivity index (χ3n) is 1.68. The van der Waals surface area contributed by atoms with Gasteiger partial charge in [-0.25, -0.2) is 0 Å². The minimum absolute atomic E-state index is 0.0730. The minimum atomic E-state index is -0.501. The molecule has 1 rings (SSSR count). The van der Waals surface area contributed by atoms with Crippen molar-refractivity contribution in [1.29, 1.82) is 0 Å². The zero-order chi connectivity index (χ0) is 10.7. The number of likely N-dealkylation sites (N-methyl/N-ethyl adjacent to an activating group) is 1. The van der Waals surface area contributed by atoms with Crippen LogP contribution in [-0.2, 0) is 0 Å². The fraction of sp³-hybridized carbons (Fsp3) is 0.444. The summed E-state index contributed by atoms with van der Waals surface area (Å²) in [4.78, 5) is 14.6. The molecular weight excluding hydrogens is 218 g/mol. The first-order chi connectivity index (χ1) is 6.50. The van der Waals surface area contributed by atoms with Gasteiger partial charge in [-0.3, -0.25) is 4.79 Å². The molecule has 1 aromatic heterocycles. The molecule has 1 unspecified atom stereocenters. The second-order valence-electron chi connectivity index (χ2n) is 3.20. The SMILES string of the molecule is CC(O)CN(C)C(=O)c1cc(S)cs1. The molecule has 0 aliphatic rings. The molecule has 0 aliphatic carbocycles. The first kappa shape index (κ1) is 11.6.